The van der Waals surface area contributed by atoms with Crippen LogP contribution in [-0.2, 0) is 32.6 Å². The van der Waals surface area contributed by atoms with Crippen molar-refractivity contribution in [1.29, 1.82) is 0 Å². The highest BCUT2D eigenvalue weighted by Crippen LogP contribution is 2.30. The van der Waals surface area contributed by atoms with E-state index in [4.69, 9.17) is 11.6 Å². The summed E-state index contributed by atoms with van der Waals surface area (Å²) in [6.45, 7) is 1.34. The summed E-state index contributed by atoms with van der Waals surface area (Å²) in [6.07, 6.45) is 5.28. The van der Waals surface area contributed by atoms with Gasteiger partial charge in [-0.25, -0.2) is 8.42 Å². The summed E-state index contributed by atoms with van der Waals surface area (Å²) >= 11 is 9.78. The van der Waals surface area contributed by atoms with Crippen LogP contribution in [0.15, 0.2) is 112 Å². The molecule has 2 amide bonds. The first kappa shape index (κ1) is 34.7. The van der Waals surface area contributed by atoms with E-state index in [-0.39, 0.29) is 29.8 Å². The number of carbonyl (C=O) groups excluding carboxylic acids is 2. The van der Waals surface area contributed by atoms with Gasteiger partial charge in [0.15, 0.2) is 0 Å². The van der Waals surface area contributed by atoms with Crippen LogP contribution in [0, 0.1) is 6.92 Å². The molecule has 1 N–H and O–H groups in total. The molecule has 0 heterocycles. The van der Waals surface area contributed by atoms with E-state index in [1.165, 1.54) is 17.0 Å². The highest BCUT2D eigenvalue weighted by Gasteiger charge is 2.35. The number of halogens is 2. The molecule has 0 aromatic heterocycles. The van der Waals surface area contributed by atoms with Crippen LogP contribution in [0.25, 0.3) is 0 Å². The number of nitrogens with one attached hydrogen (secondary N) is 1. The molecule has 10 heteroatoms. The molecule has 246 valence electrons. The Morgan fingerprint density at radius 1 is 0.872 bits per heavy atom. The van der Waals surface area contributed by atoms with Crippen molar-refractivity contribution in [1.82, 2.24) is 10.2 Å². The van der Waals surface area contributed by atoms with Crippen molar-refractivity contribution in [3.05, 3.63) is 129 Å². The fourth-order valence-corrected chi connectivity index (χ4v) is 8.24. The van der Waals surface area contributed by atoms with E-state index < -0.39 is 28.5 Å². The van der Waals surface area contributed by atoms with Crippen molar-refractivity contribution >= 4 is 55.1 Å². The van der Waals surface area contributed by atoms with Gasteiger partial charge >= 0.3 is 0 Å². The van der Waals surface area contributed by atoms with Crippen molar-refractivity contribution < 1.29 is 18.0 Å². The molecule has 4 aromatic rings. The highest BCUT2D eigenvalue weighted by molar-refractivity contribution is 9.10. The van der Waals surface area contributed by atoms with Crippen LogP contribution in [0.1, 0.15) is 48.8 Å². The van der Waals surface area contributed by atoms with Gasteiger partial charge < -0.3 is 10.2 Å². The number of benzene rings is 4. The maximum absolute atomic E-state index is 14.7. The number of amides is 2. The van der Waals surface area contributed by atoms with Crippen LogP contribution in [-0.4, -0.2) is 43.8 Å². The third kappa shape index (κ3) is 9.03. The van der Waals surface area contributed by atoms with E-state index in [1.54, 1.807) is 43.3 Å². The number of carbonyl (C=O) groups is 2. The van der Waals surface area contributed by atoms with Gasteiger partial charge in [0.2, 0.25) is 11.8 Å². The Morgan fingerprint density at radius 3 is 2.19 bits per heavy atom. The maximum Gasteiger partial charge on any atom is 0.264 e. The molecule has 0 spiro atoms. The molecule has 0 bridgehead atoms. The number of aryl methyl sites for hydroxylation is 1. The van der Waals surface area contributed by atoms with Crippen molar-refractivity contribution in [3.8, 4) is 0 Å². The lowest BCUT2D eigenvalue weighted by Gasteiger charge is -2.35. The van der Waals surface area contributed by atoms with Crippen molar-refractivity contribution in [3.63, 3.8) is 0 Å². The lowest BCUT2D eigenvalue weighted by atomic mass is 9.94. The van der Waals surface area contributed by atoms with Crippen LogP contribution in [0.2, 0.25) is 5.02 Å². The molecule has 0 unspecified atom stereocenters. The van der Waals surface area contributed by atoms with Gasteiger partial charge in [-0.05, 0) is 78.9 Å². The average molecular weight is 737 g/mol. The molecule has 1 saturated carbocycles. The minimum atomic E-state index is -4.19. The third-order valence-corrected chi connectivity index (χ3v) is 11.0. The first-order valence-corrected chi connectivity index (χ1v) is 18.4. The average Bonchev–Trinajstić information content (AvgIpc) is 3.07. The fraction of sp³-hybridized carbons (Fsp3) is 0.297. The number of rotatable bonds is 12. The number of nitrogens with zero attached hydrogens (tertiary/aromatic N) is 2. The van der Waals surface area contributed by atoms with Gasteiger partial charge in [-0.2, -0.15) is 0 Å². The Bertz CT molecular complexity index is 1780. The molecule has 1 fully saturated rings. The first-order chi connectivity index (χ1) is 22.6. The molecule has 0 aliphatic heterocycles. The van der Waals surface area contributed by atoms with Gasteiger partial charge in [-0.15, -0.1) is 0 Å². The van der Waals surface area contributed by atoms with E-state index >= 15 is 0 Å². The summed E-state index contributed by atoms with van der Waals surface area (Å²) < 4.78 is 30.4. The Morgan fingerprint density at radius 2 is 1.53 bits per heavy atom. The zero-order chi connectivity index (χ0) is 33.4. The van der Waals surface area contributed by atoms with Gasteiger partial charge in [0.1, 0.15) is 12.6 Å². The SMILES string of the molecule is Cc1cc(Cl)ccc1N(CC(=O)N(Cc1cccc(Br)c1)[C@@H](Cc1ccccc1)C(=O)NC1CCCCC1)S(=O)(=O)c1ccccc1. The molecule has 1 aliphatic rings. The lowest BCUT2D eigenvalue weighted by molar-refractivity contribution is -0.140. The summed E-state index contributed by atoms with van der Waals surface area (Å²) in [4.78, 5) is 30.5. The first-order valence-electron chi connectivity index (χ1n) is 15.8. The van der Waals surface area contributed by atoms with Gasteiger partial charge in [0.05, 0.1) is 10.6 Å². The molecule has 4 aromatic carbocycles. The van der Waals surface area contributed by atoms with Crippen LogP contribution in [0.4, 0.5) is 5.69 Å². The quantitative estimate of drug-likeness (QED) is 0.162. The number of hydrogen-bond acceptors (Lipinski definition) is 4. The third-order valence-electron chi connectivity index (χ3n) is 8.50. The van der Waals surface area contributed by atoms with Crippen LogP contribution in [0.5, 0.6) is 0 Å². The predicted octanol–water partition coefficient (Wildman–Crippen LogP) is 7.70. The van der Waals surface area contributed by atoms with Gasteiger partial charge in [-0.1, -0.05) is 107 Å². The highest BCUT2D eigenvalue weighted by atomic mass is 79.9. The topological polar surface area (TPSA) is 86.8 Å². The standard InChI is InChI=1S/C37H39BrClN3O4S/c1-27-22-31(39)20-21-34(27)42(47(45,46)33-18-9-4-10-19-33)26-36(43)41(25-29-14-11-15-30(38)23-29)35(24-28-12-5-2-6-13-28)37(44)40-32-16-7-3-8-17-32/h2,4-6,9-15,18-23,32,35H,3,7-8,16-17,24-26H2,1H3,(H,40,44)/t35-/m0/s1. The van der Waals surface area contributed by atoms with E-state index in [9.17, 15) is 18.0 Å². The van der Waals surface area contributed by atoms with Crippen LogP contribution < -0.4 is 9.62 Å². The molecular formula is C37H39BrClN3O4S. The molecular weight excluding hydrogens is 698 g/mol. The predicted molar refractivity (Wildman–Crippen MR) is 191 cm³/mol. The summed E-state index contributed by atoms with van der Waals surface area (Å²) in [6, 6.07) is 29.2. The normalized spacial score (nSPS) is 14.3. The second kappa shape index (κ2) is 16.0. The monoisotopic (exact) mass is 735 g/mol. The number of hydrogen-bond donors (Lipinski definition) is 1. The Balaban J connectivity index is 1.58. The number of anilines is 1. The van der Waals surface area contributed by atoms with Crippen molar-refractivity contribution in [2.45, 2.75) is 69.0 Å². The van der Waals surface area contributed by atoms with E-state index in [1.807, 2.05) is 54.6 Å². The summed E-state index contributed by atoms with van der Waals surface area (Å²) in [5, 5.41) is 3.69. The molecule has 0 saturated heterocycles. The summed E-state index contributed by atoms with van der Waals surface area (Å²) in [5.74, 6) is -0.747. The summed E-state index contributed by atoms with van der Waals surface area (Å²) in [7, 11) is -4.19. The molecule has 0 radical (unpaired) electrons. The van der Waals surface area contributed by atoms with E-state index in [2.05, 4.69) is 21.2 Å². The zero-order valence-corrected chi connectivity index (χ0v) is 29.5. The zero-order valence-electron chi connectivity index (χ0n) is 26.3. The smallest absolute Gasteiger partial charge is 0.264 e. The van der Waals surface area contributed by atoms with E-state index in [0.717, 1.165) is 52.0 Å². The minimum absolute atomic E-state index is 0.0315. The largest absolute Gasteiger partial charge is 0.352 e. The van der Waals surface area contributed by atoms with Crippen LogP contribution in [0.3, 0.4) is 0 Å². The lowest BCUT2D eigenvalue weighted by Crippen LogP contribution is -2.55. The molecule has 7 nitrogen and oxygen atoms in total. The molecule has 47 heavy (non-hydrogen) atoms. The Kier molecular flexibility index (Phi) is 11.8. The molecule has 5 rings (SSSR count). The van der Waals surface area contributed by atoms with Crippen LogP contribution >= 0.6 is 27.5 Å². The van der Waals surface area contributed by atoms with Crippen molar-refractivity contribution in [2.75, 3.05) is 10.8 Å². The van der Waals surface area contributed by atoms with Gasteiger partial charge in [0, 0.05) is 28.5 Å². The van der Waals surface area contributed by atoms with Crippen molar-refractivity contribution in [2.24, 2.45) is 0 Å². The molecule has 1 atom stereocenters. The summed E-state index contributed by atoms with van der Waals surface area (Å²) in [5.41, 5.74) is 2.63. The Hall–Kier alpha value is -3.66. The van der Waals surface area contributed by atoms with Gasteiger partial charge in [0.25, 0.3) is 10.0 Å². The Labute approximate surface area is 291 Å². The van der Waals surface area contributed by atoms with Gasteiger partial charge in [-0.3, -0.25) is 13.9 Å². The maximum atomic E-state index is 14.7. The van der Waals surface area contributed by atoms with E-state index in [0.29, 0.717) is 16.3 Å². The fourth-order valence-electron chi connectivity index (χ4n) is 6.06. The second-order valence-electron chi connectivity index (χ2n) is 12.0. The second-order valence-corrected chi connectivity index (χ2v) is 15.2. The minimum Gasteiger partial charge on any atom is -0.352 e. The number of sulfonamides is 1. The molecule has 1 aliphatic carbocycles.